The Morgan fingerprint density at radius 2 is 1.70 bits per heavy atom. The molecule has 4 heterocycles. The second-order valence-electron chi connectivity index (χ2n) is 11.9. The molecule has 206 valence electrons. The number of hydrogen-bond acceptors (Lipinski definition) is 5. The van der Waals surface area contributed by atoms with Crippen molar-refractivity contribution >= 4 is 29.5 Å². The number of nitrogens with zero attached hydrogens (tertiary/aromatic N) is 3. The second-order valence-corrected chi connectivity index (χ2v) is 13.7. The molecule has 7 atom stereocenters. The van der Waals surface area contributed by atoms with Crippen LogP contribution in [0.3, 0.4) is 0 Å². The number of carbonyl (C=O) groups is 3. The fourth-order valence-electron chi connectivity index (χ4n) is 7.18. The van der Waals surface area contributed by atoms with Crippen molar-refractivity contribution in [3.8, 4) is 0 Å². The van der Waals surface area contributed by atoms with Crippen LogP contribution in [0.2, 0.25) is 0 Å². The number of carbonyl (C=O) groups excluding carboxylic acids is 3. The van der Waals surface area contributed by atoms with E-state index in [2.05, 4.69) is 59.8 Å². The third-order valence-electron chi connectivity index (χ3n) is 8.69. The van der Waals surface area contributed by atoms with E-state index >= 15 is 0 Å². The van der Waals surface area contributed by atoms with Crippen LogP contribution in [0.15, 0.2) is 24.3 Å². The average Bonchev–Trinajstić information content (AvgIpc) is 3.11. The number of hydrogen-bond donors (Lipinski definition) is 1. The van der Waals surface area contributed by atoms with Gasteiger partial charge in [0.1, 0.15) is 6.04 Å². The van der Waals surface area contributed by atoms with Gasteiger partial charge in [0.15, 0.2) is 0 Å². The van der Waals surface area contributed by atoms with E-state index in [1.165, 1.54) is 0 Å². The molecule has 0 aromatic rings. The number of fused-ring (bicyclic) bond motifs is 2. The lowest BCUT2D eigenvalue weighted by Gasteiger charge is -2.41. The van der Waals surface area contributed by atoms with Crippen molar-refractivity contribution in [2.75, 3.05) is 26.2 Å². The van der Waals surface area contributed by atoms with Gasteiger partial charge in [0.05, 0.1) is 29.2 Å². The van der Waals surface area contributed by atoms with Crippen LogP contribution in [0, 0.1) is 17.8 Å². The molecule has 4 rings (SSSR count). The quantitative estimate of drug-likeness (QED) is 0.461. The fourth-order valence-corrected chi connectivity index (χ4v) is 9.33. The summed E-state index contributed by atoms with van der Waals surface area (Å²) in [6, 6.07) is -1.16. The zero-order valence-corrected chi connectivity index (χ0v) is 24.2. The Kier molecular flexibility index (Phi) is 8.20. The van der Waals surface area contributed by atoms with Gasteiger partial charge in [-0.25, -0.2) is 0 Å². The normalized spacial score (nSPS) is 35.0. The van der Waals surface area contributed by atoms with E-state index in [1.807, 2.05) is 15.9 Å². The lowest BCUT2D eigenvalue weighted by Crippen LogP contribution is -2.58. The van der Waals surface area contributed by atoms with Gasteiger partial charge >= 0.3 is 0 Å². The average molecular weight is 532 g/mol. The number of thioether (sulfide) groups is 1. The maximum atomic E-state index is 14.5. The molecular weight excluding hydrogens is 486 g/mol. The van der Waals surface area contributed by atoms with Crippen LogP contribution < -0.4 is 0 Å². The highest BCUT2D eigenvalue weighted by molar-refractivity contribution is 8.02. The first-order valence-corrected chi connectivity index (χ1v) is 15.0. The first-order valence-electron chi connectivity index (χ1n) is 14.1. The van der Waals surface area contributed by atoms with E-state index < -0.39 is 33.4 Å². The van der Waals surface area contributed by atoms with Crippen LogP contribution in [0.4, 0.5) is 0 Å². The number of aliphatic hydroxyl groups is 1. The number of aliphatic hydroxyl groups excluding tert-OH is 1. The highest BCUT2D eigenvalue weighted by Gasteiger charge is 2.74. The van der Waals surface area contributed by atoms with Crippen LogP contribution in [0.25, 0.3) is 0 Å². The molecule has 0 radical (unpaired) electrons. The van der Waals surface area contributed by atoms with E-state index in [9.17, 15) is 19.5 Å². The summed E-state index contributed by atoms with van der Waals surface area (Å²) < 4.78 is -1.44. The van der Waals surface area contributed by atoms with Gasteiger partial charge < -0.3 is 19.8 Å². The Bertz CT molecular complexity index is 967. The van der Waals surface area contributed by atoms with E-state index in [1.54, 1.807) is 16.7 Å². The molecule has 0 bridgehead atoms. The molecule has 8 heteroatoms. The van der Waals surface area contributed by atoms with Gasteiger partial charge in [0.25, 0.3) is 0 Å². The zero-order chi connectivity index (χ0) is 27.1. The molecule has 2 saturated heterocycles. The van der Waals surface area contributed by atoms with Crippen LogP contribution in [-0.2, 0) is 14.4 Å². The van der Waals surface area contributed by atoms with Gasteiger partial charge in [-0.15, -0.1) is 11.8 Å². The molecule has 1 spiro atoms. The van der Waals surface area contributed by atoms with Gasteiger partial charge in [0.2, 0.25) is 17.7 Å². The highest BCUT2D eigenvalue weighted by atomic mass is 32.2. The first kappa shape index (κ1) is 28.2. The number of amides is 3. The molecule has 2 unspecified atom stereocenters. The molecule has 4 aliphatic rings. The summed E-state index contributed by atoms with van der Waals surface area (Å²) in [6.07, 6.45) is 11.6. The summed E-state index contributed by atoms with van der Waals surface area (Å²) in [7, 11) is 0. The SMILES string of the molecule is CCCC(C)N1CC=C[C@]23S[C@]4(C)C=CCN(CCC)C(=O)[C@@H]4[C@H]2C(=O)N([C@@H](CO)CC(C)C)C3C1=O. The summed E-state index contributed by atoms with van der Waals surface area (Å²) in [6.45, 7) is 13.9. The minimum absolute atomic E-state index is 0.00314. The number of likely N-dealkylation sites (tertiary alicyclic amines) is 1. The molecule has 0 saturated carbocycles. The summed E-state index contributed by atoms with van der Waals surface area (Å²) in [5.74, 6) is -1.17. The van der Waals surface area contributed by atoms with E-state index in [0.717, 1.165) is 19.3 Å². The van der Waals surface area contributed by atoms with Crippen molar-refractivity contribution in [3.63, 3.8) is 0 Å². The largest absolute Gasteiger partial charge is 0.394 e. The minimum atomic E-state index is -0.853. The maximum Gasteiger partial charge on any atom is 0.247 e. The summed E-state index contributed by atoms with van der Waals surface area (Å²) in [4.78, 5) is 48.5. The molecule has 4 aliphatic heterocycles. The zero-order valence-electron chi connectivity index (χ0n) is 23.4. The van der Waals surface area contributed by atoms with Crippen LogP contribution >= 0.6 is 11.8 Å². The molecule has 2 fully saturated rings. The van der Waals surface area contributed by atoms with Crippen molar-refractivity contribution in [1.29, 1.82) is 0 Å². The topological polar surface area (TPSA) is 81.2 Å². The maximum absolute atomic E-state index is 14.5. The van der Waals surface area contributed by atoms with Gasteiger partial charge in [-0.3, -0.25) is 14.4 Å². The summed E-state index contributed by atoms with van der Waals surface area (Å²) >= 11 is 1.62. The van der Waals surface area contributed by atoms with Gasteiger partial charge in [0, 0.05) is 30.4 Å². The van der Waals surface area contributed by atoms with Crippen molar-refractivity contribution in [2.24, 2.45) is 17.8 Å². The Balaban J connectivity index is 1.87. The van der Waals surface area contributed by atoms with Crippen molar-refractivity contribution < 1.29 is 19.5 Å². The van der Waals surface area contributed by atoms with E-state index in [4.69, 9.17) is 0 Å². The fraction of sp³-hybridized carbons (Fsp3) is 0.759. The van der Waals surface area contributed by atoms with E-state index in [-0.39, 0.29) is 36.3 Å². The molecule has 0 aliphatic carbocycles. The predicted molar refractivity (Wildman–Crippen MR) is 148 cm³/mol. The van der Waals surface area contributed by atoms with Crippen LogP contribution in [0.5, 0.6) is 0 Å². The van der Waals surface area contributed by atoms with Gasteiger partial charge in [-0.2, -0.15) is 0 Å². The molecular formula is C29H45N3O4S. The Morgan fingerprint density at radius 3 is 2.32 bits per heavy atom. The molecule has 0 aromatic carbocycles. The molecule has 37 heavy (non-hydrogen) atoms. The molecule has 1 N–H and O–H groups in total. The predicted octanol–water partition coefficient (Wildman–Crippen LogP) is 3.48. The Hall–Kier alpha value is -1.80. The van der Waals surface area contributed by atoms with Crippen LogP contribution in [-0.4, -0.2) is 91.4 Å². The molecule has 7 nitrogen and oxygen atoms in total. The first-order chi connectivity index (χ1) is 17.6. The number of rotatable bonds is 9. The third kappa shape index (κ3) is 4.56. The molecule has 3 amide bonds. The minimum Gasteiger partial charge on any atom is -0.394 e. The standard InChI is InChI=1S/C29H45N3O4S/c1-7-11-20(5)31-16-10-13-29-23(22-25(34)30(14-8-2)15-9-12-28(22,6)37-29)26(35)32(24(29)27(31)36)21(18-33)17-19(3)4/h9-10,12-13,19-24,33H,7-8,11,14-18H2,1-6H3/t20?,21-,22+,23+,24?,28-,29+/m1/s1. The summed E-state index contributed by atoms with van der Waals surface area (Å²) in [5, 5.41) is 10.5. The Labute approximate surface area is 226 Å². The molecule has 0 aromatic heterocycles. The lowest BCUT2D eigenvalue weighted by molar-refractivity contribution is -0.148. The highest BCUT2D eigenvalue weighted by Crippen LogP contribution is 2.66. The summed E-state index contributed by atoms with van der Waals surface area (Å²) in [5.41, 5.74) is 0. The van der Waals surface area contributed by atoms with E-state index in [0.29, 0.717) is 26.1 Å². The second kappa shape index (κ2) is 10.8. The van der Waals surface area contributed by atoms with Crippen molar-refractivity contribution in [2.45, 2.75) is 94.8 Å². The Morgan fingerprint density at radius 1 is 1.00 bits per heavy atom. The monoisotopic (exact) mass is 531 g/mol. The smallest absolute Gasteiger partial charge is 0.247 e. The van der Waals surface area contributed by atoms with Gasteiger partial charge in [-0.1, -0.05) is 58.4 Å². The van der Waals surface area contributed by atoms with Gasteiger partial charge in [-0.05, 0) is 39.0 Å². The lowest BCUT2D eigenvalue weighted by atomic mass is 9.74. The van der Waals surface area contributed by atoms with Crippen molar-refractivity contribution in [1.82, 2.24) is 14.7 Å². The third-order valence-corrected chi connectivity index (χ3v) is 10.5. The van der Waals surface area contributed by atoms with Crippen molar-refractivity contribution in [3.05, 3.63) is 24.3 Å². The van der Waals surface area contributed by atoms with Crippen LogP contribution in [0.1, 0.15) is 67.2 Å².